The largest absolute Gasteiger partial charge is 0.481 e. The second-order valence-corrected chi connectivity index (χ2v) is 40.3. The van der Waals surface area contributed by atoms with Gasteiger partial charge in [-0.3, -0.25) is 90.9 Å². The number of primary amides is 1. The molecule has 2 saturated carbocycles. The van der Waals surface area contributed by atoms with Crippen molar-refractivity contribution in [3.8, 4) is 0 Å². The molecule has 2 heterocycles. The molecule has 5 atom stereocenters. The quantitative estimate of drug-likeness (QED) is 0.0111. The van der Waals surface area contributed by atoms with Gasteiger partial charge in [0.2, 0.25) is 53.2 Å². The van der Waals surface area contributed by atoms with E-state index in [1.807, 2.05) is 38.1 Å². The van der Waals surface area contributed by atoms with Crippen LogP contribution in [0.5, 0.6) is 0 Å². The molecule has 3 aromatic rings. The van der Waals surface area contributed by atoms with E-state index in [4.69, 9.17) is 30.4 Å². The number of nitrogens with zero attached hydrogens (tertiary/aromatic N) is 2. The third-order valence-corrected chi connectivity index (χ3v) is 29.3. The molecule has 0 spiro atoms. The molecule has 40 nitrogen and oxygen atoms in total. The van der Waals surface area contributed by atoms with Crippen LogP contribution in [0.2, 0.25) is 0 Å². The lowest BCUT2D eigenvalue weighted by Gasteiger charge is -2.36. The second kappa shape index (κ2) is 64.6. The first-order valence-electron chi connectivity index (χ1n) is 47.8. The average Bonchev–Trinajstić information content (AvgIpc) is 0.928. The van der Waals surface area contributed by atoms with Crippen molar-refractivity contribution in [3.05, 3.63) is 95.8 Å². The van der Waals surface area contributed by atoms with Gasteiger partial charge in [-0.15, -0.1) is 11.8 Å². The zero-order valence-corrected chi connectivity index (χ0v) is 82.2. The number of carboxylic acid groups (broad SMARTS) is 1. The van der Waals surface area contributed by atoms with Crippen LogP contribution >= 0.6 is 27.0 Å². The van der Waals surface area contributed by atoms with Gasteiger partial charge < -0.3 is 103 Å². The number of para-hydroxylation sites is 1. The van der Waals surface area contributed by atoms with Crippen molar-refractivity contribution in [2.45, 2.75) is 268 Å². The monoisotopic (exact) mass is 1990 g/mol. The number of pyridine rings is 1. The fourth-order valence-corrected chi connectivity index (χ4v) is 19.3. The summed E-state index contributed by atoms with van der Waals surface area (Å²) in [5.41, 5.74) is 14.1. The number of unbranched alkanes of at least 4 members (excludes halogenated alkanes) is 3. The van der Waals surface area contributed by atoms with Crippen LogP contribution in [0, 0.1) is 30.1 Å². The number of thioether (sulfide) groups is 1. The number of rotatable bonds is 69. The number of amides is 11. The van der Waals surface area contributed by atoms with E-state index in [-0.39, 0.29) is 199 Å². The van der Waals surface area contributed by atoms with Crippen LogP contribution in [0.4, 0.5) is 16.2 Å². The SMILES string of the molecule is CCC(=O)CCCOCCOCCNC(=O)C1(CC(=O)[C@H](CCCC(=O)O)NC(=O)[C@H](CCCCNC(=O)/C=C/c2cccnc2)CC(=O)Cc2ccc(NC(=O)Nc3ccccc3C)cc2)CCCCC1.CCC(=O)NCCOCCOCCCC(=O)CCC(=O)N[C@@H](CCCCNC(=O)[C@H](N)CSC1CC(=O)N(CC2CCC(C(=O)CCCCC(O)(P(=O)(O)O)P(=O)(O)O)CC2)C1=O)C(N)=O. The van der Waals surface area contributed by atoms with Crippen molar-refractivity contribution in [3.63, 3.8) is 0 Å². The lowest BCUT2D eigenvalue weighted by atomic mass is 9.69. The van der Waals surface area contributed by atoms with E-state index in [9.17, 15) is 116 Å². The molecule has 138 heavy (non-hydrogen) atoms. The minimum absolute atomic E-state index is 0.00148. The number of anilines is 2. The number of hydrogen-bond donors (Lipinski definition) is 16. The van der Waals surface area contributed by atoms with Crippen LogP contribution in [0.15, 0.2) is 79.1 Å². The molecule has 1 saturated heterocycles. The van der Waals surface area contributed by atoms with E-state index in [0.717, 1.165) is 42.2 Å². The van der Waals surface area contributed by atoms with Crippen LogP contribution in [0.25, 0.3) is 6.08 Å². The lowest BCUT2D eigenvalue weighted by molar-refractivity contribution is -0.140. The maximum atomic E-state index is 14.4. The molecule has 3 fully saturated rings. The fourth-order valence-electron chi connectivity index (χ4n) is 15.9. The number of carbonyl (C=O) groups is 16. The van der Waals surface area contributed by atoms with Crippen molar-refractivity contribution in [1.29, 1.82) is 0 Å². The Morgan fingerprint density at radius 1 is 0.616 bits per heavy atom. The Balaban J connectivity index is 0.000000489. The summed E-state index contributed by atoms with van der Waals surface area (Å²) < 4.78 is 45.0. The summed E-state index contributed by atoms with van der Waals surface area (Å²) in [4.78, 5) is 246. The number of nitrogens with two attached hydrogens (primary N) is 2. The van der Waals surface area contributed by atoms with Gasteiger partial charge >= 0.3 is 27.2 Å². The van der Waals surface area contributed by atoms with Crippen molar-refractivity contribution in [2.24, 2.45) is 34.6 Å². The van der Waals surface area contributed by atoms with E-state index < -0.39 is 97.0 Å². The molecule has 18 N–H and O–H groups in total. The Hall–Kier alpha value is -9.74. The Kier molecular flexibility index (Phi) is 55.6. The summed E-state index contributed by atoms with van der Waals surface area (Å²) in [7, 11) is -11.1. The minimum Gasteiger partial charge on any atom is -0.481 e. The highest BCUT2D eigenvalue weighted by Gasteiger charge is 2.59. The highest BCUT2D eigenvalue weighted by Crippen LogP contribution is 2.69. The average molecular weight is 2000 g/mol. The first-order valence-corrected chi connectivity index (χ1v) is 52.0. The van der Waals surface area contributed by atoms with E-state index in [1.54, 1.807) is 61.8 Å². The molecule has 1 aliphatic heterocycles. The Labute approximate surface area is 810 Å². The summed E-state index contributed by atoms with van der Waals surface area (Å²) >= 11 is 1.11. The molecule has 0 radical (unpaired) electrons. The number of benzene rings is 2. The third kappa shape index (κ3) is 46.1. The molecule has 2 aromatic carbocycles. The van der Waals surface area contributed by atoms with Gasteiger partial charge in [0.15, 0.2) is 5.78 Å². The number of carboxylic acids is 1. The number of aliphatic hydroxyl groups is 1. The van der Waals surface area contributed by atoms with Gasteiger partial charge in [0.25, 0.3) is 5.08 Å². The number of aromatic nitrogens is 1. The number of carbonyl (C=O) groups excluding carboxylic acids is 15. The van der Waals surface area contributed by atoms with E-state index in [2.05, 4.69) is 47.5 Å². The predicted molar refractivity (Wildman–Crippen MR) is 515 cm³/mol. The number of aryl methyl sites for hydroxylation is 1. The molecule has 43 heteroatoms. The molecular formula is C95H144N12O28P2S. The standard InChI is InChI=1S/C55H74N6O11.C40H70N6O17P2S/c1-3-45(62)17-13-32-71-34-35-72-33-31-58-53(69)55(27-8-4-9-28-55)38-49(64)48(19-11-20-51(66)67)60-52(68)43(16-7-10-30-57-50(65)26-23-42-15-12-29-56-39-42)37-46(63)36-41-21-24-44(25-22-41)59-54(70)61-47-18-6-5-14-40(47)2;1-2-34(49)43-19-21-63-23-22-62-20-7-8-29(47)15-16-35(50)45-31(37(42)52)9-4-6-18-44-38(53)30(41)26-66-33-24-36(51)46(39(33)54)25-27-11-13-28(14-12-27)32(48)10-3-5-17-40(55,64(56,57)58)65(59,60)61/h5-6,12,14-15,18,21-26,29,39,43,48H,3-4,7-11,13,16-17,19-20,27-28,30-38H2,1-2H3,(H,57,65)(H,58,69)(H,60,68)(H,66,67)(H2,59,61,70);27-28,30-31,33,55H,2-26,41H2,1H3,(H2,42,52)(H,43,49)(H,44,53)(H,45,50)(H2,56,57,58)(H2,59,60,61)/b26-23+;/t43-,48+;27?,28?,30-,31+,33?/m11/s1. The normalized spacial score (nSPS) is 16.3. The Bertz CT molecular complexity index is 4520. The van der Waals surface area contributed by atoms with Crippen molar-refractivity contribution < 1.29 is 135 Å². The molecule has 768 valence electrons. The van der Waals surface area contributed by atoms with Crippen LogP contribution in [-0.2, 0) is 106 Å². The Morgan fingerprint density at radius 3 is 1.86 bits per heavy atom. The number of urea groups is 1. The minimum atomic E-state index is -5.57. The first-order chi connectivity index (χ1) is 65.8. The van der Waals surface area contributed by atoms with E-state index >= 15 is 0 Å². The van der Waals surface area contributed by atoms with Gasteiger partial charge in [-0.25, -0.2) is 4.79 Å². The van der Waals surface area contributed by atoms with Gasteiger partial charge in [-0.2, -0.15) is 0 Å². The number of likely N-dealkylation sites (tertiary alicyclic amines) is 1. The van der Waals surface area contributed by atoms with Crippen LogP contribution in [0.3, 0.4) is 0 Å². The van der Waals surface area contributed by atoms with Crippen LogP contribution < -0.4 is 54.0 Å². The van der Waals surface area contributed by atoms with Gasteiger partial charge in [-0.05, 0) is 175 Å². The molecule has 2 aliphatic carbocycles. The predicted octanol–water partition coefficient (Wildman–Crippen LogP) is 7.77. The van der Waals surface area contributed by atoms with Crippen molar-refractivity contribution >= 4 is 138 Å². The molecule has 11 amide bonds. The number of imide groups is 1. The van der Waals surface area contributed by atoms with Crippen molar-refractivity contribution in [2.75, 3.05) is 102 Å². The number of ketones is 5. The highest BCUT2D eigenvalue weighted by molar-refractivity contribution is 8.00. The fraction of sp³-hybridized carbons (Fsp3) is 0.632. The number of hydrogen-bond acceptors (Lipinski definition) is 26. The molecule has 3 aliphatic rings. The summed E-state index contributed by atoms with van der Waals surface area (Å²) in [6.07, 6.45) is 15.2. The molecule has 1 unspecified atom stereocenters. The summed E-state index contributed by atoms with van der Waals surface area (Å²) in [6.45, 7) is 9.60. The number of nitrogens with one attached hydrogen (secondary N) is 8. The topological polar surface area (TPSA) is 630 Å². The molecule has 1 aromatic heterocycles. The van der Waals surface area contributed by atoms with Crippen LogP contribution in [-0.4, -0.2) is 254 Å². The molecular weight excluding hydrogens is 1850 g/mol. The molecule has 0 bridgehead atoms. The van der Waals surface area contributed by atoms with E-state index in [0.29, 0.717) is 173 Å². The van der Waals surface area contributed by atoms with E-state index in [1.165, 1.54) is 11.0 Å². The number of aliphatic carboxylic acids is 1. The maximum absolute atomic E-state index is 14.4. The number of ether oxygens (including phenoxy) is 4. The summed E-state index contributed by atoms with van der Waals surface area (Å²) in [5, 5.41) is 37.5. The maximum Gasteiger partial charge on any atom is 0.369 e. The smallest absolute Gasteiger partial charge is 0.369 e. The lowest BCUT2D eigenvalue weighted by Crippen LogP contribution is -2.49. The van der Waals surface area contributed by atoms with Gasteiger partial charge in [0, 0.05) is 170 Å². The third-order valence-electron chi connectivity index (χ3n) is 24.1. The van der Waals surface area contributed by atoms with Crippen LogP contribution in [0.1, 0.15) is 242 Å². The number of Topliss-reactive ketones (excluding diaryl/α,β-unsaturated/α-hetero) is 5. The second-order valence-electron chi connectivity index (χ2n) is 35.0. The van der Waals surface area contributed by atoms with Crippen molar-refractivity contribution in [1.82, 2.24) is 41.8 Å². The zero-order chi connectivity index (χ0) is 101. The first kappa shape index (κ1) is 119. The Morgan fingerprint density at radius 2 is 1.24 bits per heavy atom. The molecule has 6 rings (SSSR count). The van der Waals surface area contributed by atoms with Gasteiger partial charge in [-0.1, -0.05) is 75.9 Å². The zero-order valence-electron chi connectivity index (χ0n) is 79.6. The summed E-state index contributed by atoms with van der Waals surface area (Å²) in [5.74, 6) is -6.44. The highest BCUT2D eigenvalue weighted by atomic mass is 32.2. The van der Waals surface area contributed by atoms with Gasteiger partial charge in [0.05, 0.1) is 62.4 Å². The summed E-state index contributed by atoms with van der Waals surface area (Å²) in [6, 6.07) is 14.3. The van der Waals surface area contributed by atoms with Gasteiger partial charge in [0.1, 0.15) is 29.2 Å².